The van der Waals surface area contributed by atoms with Gasteiger partial charge in [0, 0.05) is 12.2 Å². The van der Waals surface area contributed by atoms with E-state index in [4.69, 9.17) is 5.73 Å². The first-order valence-electron chi connectivity index (χ1n) is 6.50. The summed E-state index contributed by atoms with van der Waals surface area (Å²) in [5, 5.41) is 4.93. The summed E-state index contributed by atoms with van der Waals surface area (Å²) in [4.78, 5) is 30.6. The molecule has 112 valence electrons. The van der Waals surface area contributed by atoms with Gasteiger partial charge in [0.05, 0.1) is 16.3 Å². The number of nitrogens with zero attached hydrogens (tertiary/aromatic N) is 1. The van der Waals surface area contributed by atoms with Crippen LogP contribution in [-0.2, 0) is 4.79 Å². The zero-order valence-corrected chi connectivity index (χ0v) is 12.6. The highest BCUT2D eigenvalue weighted by Gasteiger charge is 2.18. The Balaban J connectivity index is 2.02. The van der Waals surface area contributed by atoms with Crippen molar-refractivity contribution in [2.75, 3.05) is 12.3 Å². The number of aromatic amines is 1. The van der Waals surface area contributed by atoms with E-state index in [1.165, 1.54) is 11.8 Å². The van der Waals surface area contributed by atoms with E-state index in [1.807, 2.05) is 6.07 Å². The number of urea groups is 1. The number of amides is 3. The summed E-state index contributed by atoms with van der Waals surface area (Å²) in [5.41, 5.74) is 7.94. The summed E-state index contributed by atoms with van der Waals surface area (Å²) in [5.74, 6) is -0.370. The molecule has 8 heteroatoms. The first kappa shape index (κ1) is 15.2. The molecule has 5 N–H and O–H groups in total. The van der Waals surface area contributed by atoms with Gasteiger partial charge in [-0.15, -0.1) is 0 Å². The Kier molecular flexibility index (Phi) is 4.69. The van der Waals surface area contributed by atoms with E-state index >= 15 is 0 Å². The number of hydrogen-bond acceptors (Lipinski definition) is 5. The van der Waals surface area contributed by atoms with E-state index in [0.717, 1.165) is 11.0 Å². The number of imidazole rings is 1. The molecule has 3 amide bonds. The standard InChI is InChI=1S/C13H17N5O2S/c1-3-15-12(20)18-11(19)7(2)21-13-16-9-5-4-8(14)6-10(9)17-13/h4-7H,3,14H2,1-2H3,(H,16,17)(H2,15,18,19,20). The first-order chi connectivity index (χ1) is 9.99. The third kappa shape index (κ3) is 3.88. The molecule has 0 fully saturated rings. The first-order valence-corrected chi connectivity index (χ1v) is 7.38. The highest BCUT2D eigenvalue weighted by molar-refractivity contribution is 8.00. The van der Waals surface area contributed by atoms with Crippen molar-refractivity contribution in [1.82, 2.24) is 20.6 Å². The molecule has 21 heavy (non-hydrogen) atoms. The van der Waals surface area contributed by atoms with Crippen LogP contribution in [0.5, 0.6) is 0 Å². The van der Waals surface area contributed by atoms with Crippen LogP contribution in [0.25, 0.3) is 11.0 Å². The number of H-pyrrole nitrogens is 1. The quantitative estimate of drug-likeness (QED) is 0.504. The molecule has 2 rings (SSSR count). The maximum absolute atomic E-state index is 11.8. The molecule has 1 atom stereocenters. The Morgan fingerprint density at radius 2 is 2.24 bits per heavy atom. The Bertz CT molecular complexity index is 670. The minimum absolute atomic E-state index is 0.370. The molecule has 0 aliphatic heterocycles. The van der Waals surface area contributed by atoms with Gasteiger partial charge in [-0.25, -0.2) is 9.78 Å². The summed E-state index contributed by atoms with van der Waals surface area (Å²) >= 11 is 1.24. The van der Waals surface area contributed by atoms with Gasteiger partial charge in [0.1, 0.15) is 0 Å². The van der Waals surface area contributed by atoms with Gasteiger partial charge in [-0.3, -0.25) is 10.1 Å². The van der Waals surface area contributed by atoms with Crippen LogP contribution in [0, 0.1) is 0 Å². The van der Waals surface area contributed by atoms with Crippen LogP contribution in [0.4, 0.5) is 10.5 Å². The number of carbonyl (C=O) groups excluding carboxylic acids is 2. The number of aromatic nitrogens is 2. The topological polar surface area (TPSA) is 113 Å². The van der Waals surface area contributed by atoms with Crippen LogP contribution < -0.4 is 16.4 Å². The van der Waals surface area contributed by atoms with Gasteiger partial charge in [0.2, 0.25) is 5.91 Å². The van der Waals surface area contributed by atoms with Crippen molar-refractivity contribution in [2.24, 2.45) is 0 Å². The van der Waals surface area contributed by atoms with Crippen molar-refractivity contribution >= 4 is 40.4 Å². The maximum Gasteiger partial charge on any atom is 0.321 e. The smallest absolute Gasteiger partial charge is 0.321 e. The zero-order chi connectivity index (χ0) is 15.4. The lowest BCUT2D eigenvalue weighted by Crippen LogP contribution is -2.42. The highest BCUT2D eigenvalue weighted by Crippen LogP contribution is 2.24. The number of anilines is 1. The van der Waals surface area contributed by atoms with E-state index in [2.05, 4.69) is 20.6 Å². The Hall–Kier alpha value is -2.22. The van der Waals surface area contributed by atoms with E-state index < -0.39 is 11.3 Å². The largest absolute Gasteiger partial charge is 0.399 e. The number of benzene rings is 1. The number of carbonyl (C=O) groups is 2. The molecule has 0 spiro atoms. The molecule has 0 saturated carbocycles. The van der Waals surface area contributed by atoms with Gasteiger partial charge in [-0.2, -0.15) is 0 Å². The Labute approximate surface area is 126 Å². The molecule has 1 unspecified atom stereocenters. The number of hydrogen-bond donors (Lipinski definition) is 4. The van der Waals surface area contributed by atoms with Gasteiger partial charge < -0.3 is 16.0 Å². The molecule has 0 aliphatic carbocycles. The third-order valence-electron chi connectivity index (χ3n) is 2.72. The van der Waals surface area contributed by atoms with Crippen LogP contribution >= 0.6 is 11.8 Å². The molecule has 0 bridgehead atoms. The number of nitrogens with two attached hydrogens (primary N) is 1. The molecule has 1 aromatic carbocycles. The molecule has 0 aliphatic rings. The van der Waals surface area contributed by atoms with Crippen LogP contribution in [0.2, 0.25) is 0 Å². The second-order valence-corrected chi connectivity index (χ2v) is 5.76. The lowest BCUT2D eigenvalue weighted by atomic mass is 10.3. The van der Waals surface area contributed by atoms with Crippen LogP contribution in [-0.4, -0.2) is 33.7 Å². The van der Waals surface area contributed by atoms with Crippen LogP contribution in [0.15, 0.2) is 23.4 Å². The number of thioether (sulfide) groups is 1. The maximum atomic E-state index is 11.8. The van der Waals surface area contributed by atoms with Crippen molar-refractivity contribution in [3.05, 3.63) is 18.2 Å². The number of imide groups is 1. The molecular weight excluding hydrogens is 290 g/mol. The normalized spacial score (nSPS) is 12.1. The molecule has 1 aromatic heterocycles. The van der Waals surface area contributed by atoms with Gasteiger partial charge in [0.15, 0.2) is 5.16 Å². The summed E-state index contributed by atoms with van der Waals surface area (Å²) in [7, 11) is 0. The summed E-state index contributed by atoms with van der Waals surface area (Å²) in [6.45, 7) is 3.95. The number of nitrogens with one attached hydrogen (secondary N) is 3. The summed E-state index contributed by atoms with van der Waals surface area (Å²) in [6, 6.07) is 4.87. The van der Waals surface area contributed by atoms with Crippen molar-refractivity contribution < 1.29 is 9.59 Å². The molecular formula is C13H17N5O2S. The zero-order valence-electron chi connectivity index (χ0n) is 11.8. The SMILES string of the molecule is CCNC(=O)NC(=O)C(C)Sc1nc2ccc(N)cc2[nH]1. The van der Waals surface area contributed by atoms with Gasteiger partial charge >= 0.3 is 6.03 Å². The lowest BCUT2D eigenvalue weighted by molar-refractivity contribution is -0.119. The van der Waals surface area contributed by atoms with E-state index in [-0.39, 0.29) is 5.91 Å². The average Bonchev–Trinajstić information content (AvgIpc) is 2.80. The molecule has 0 saturated heterocycles. The van der Waals surface area contributed by atoms with Crippen molar-refractivity contribution in [3.8, 4) is 0 Å². The summed E-state index contributed by atoms with van der Waals surface area (Å²) in [6.07, 6.45) is 0. The fraction of sp³-hybridized carbons (Fsp3) is 0.308. The minimum atomic E-state index is -0.493. The van der Waals surface area contributed by atoms with Crippen molar-refractivity contribution in [1.29, 1.82) is 0 Å². The Morgan fingerprint density at radius 1 is 1.48 bits per heavy atom. The fourth-order valence-electron chi connectivity index (χ4n) is 1.70. The van der Waals surface area contributed by atoms with E-state index in [9.17, 15) is 9.59 Å². The second kappa shape index (κ2) is 6.49. The second-order valence-electron chi connectivity index (χ2n) is 4.43. The fourth-order valence-corrected chi connectivity index (χ4v) is 2.52. The third-order valence-corrected chi connectivity index (χ3v) is 3.70. The number of nitrogen functional groups attached to an aromatic ring is 1. The summed E-state index contributed by atoms with van der Waals surface area (Å²) < 4.78 is 0. The van der Waals surface area contributed by atoms with Crippen molar-refractivity contribution in [3.63, 3.8) is 0 Å². The molecule has 0 radical (unpaired) electrons. The Morgan fingerprint density at radius 3 is 2.95 bits per heavy atom. The molecule has 1 heterocycles. The van der Waals surface area contributed by atoms with Gasteiger partial charge in [0.25, 0.3) is 0 Å². The van der Waals surface area contributed by atoms with Crippen LogP contribution in [0.3, 0.4) is 0 Å². The molecule has 7 nitrogen and oxygen atoms in total. The highest BCUT2D eigenvalue weighted by atomic mass is 32.2. The average molecular weight is 307 g/mol. The predicted octanol–water partition coefficient (Wildman–Crippen LogP) is 1.47. The lowest BCUT2D eigenvalue weighted by Gasteiger charge is -2.09. The van der Waals surface area contributed by atoms with Crippen molar-refractivity contribution in [2.45, 2.75) is 24.3 Å². The van der Waals surface area contributed by atoms with E-state index in [0.29, 0.717) is 17.4 Å². The van der Waals surface area contributed by atoms with E-state index in [1.54, 1.807) is 26.0 Å². The van der Waals surface area contributed by atoms with Gasteiger partial charge in [-0.05, 0) is 32.0 Å². The monoisotopic (exact) mass is 307 g/mol. The number of rotatable bonds is 4. The molecule has 2 aromatic rings. The van der Waals surface area contributed by atoms with Crippen LogP contribution in [0.1, 0.15) is 13.8 Å². The predicted molar refractivity (Wildman–Crippen MR) is 83.0 cm³/mol. The number of fused-ring (bicyclic) bond motifs is 1. The minimum Gasteiger partial charge on any atom is -0.399 e. The van der Waals surface area contributed by atoms with Gasteiger partial charge in [-0.1, -0.05) is 11.8 Å².